The van der Waals surface area contributed by atoms with Gasteiger partial charge in [0, 0.05) is 5.92 Å². The van der Waals surface area contributed by atoms with Crippen LogP contribution in [0.2, 0.25) is 0 Å². The number of fused-ring (bicyclic) bond motifs is 2. The van der Waals surface area contributed by atoms with E-state index in [1.165, 1.54) is 0 Å². The van der Waals surface area contributed by atoms with Crippen LogP contribution in [0.25, 0.3) is 0 Å². The van der Waals surface area contributed by atoms with Gasteiger partial charge in [-0.25, -0.2) is 0 Å². The third-order valence-corrected chi connectivity index (χ3v) is 6.60. The first-order chi connectivity index (χ1) is 10.4. The second kappa shape index (κ2) is 5.02. The number of ether oxygens (including phenoxy) is 1. The monoisotopic (exact) mass is 344 g/mol. The van der Waals surface area contributed by atoms with Crippen LogP contribution in [0.3, 0.4) is 0 Å². The topological polar surface area (TPSA) is 49.7 Å². The summed E-state index contributed by atoms with van der Waals surface area (Å²) in [6.45, 7) is 3.39. The van der Waals surface area contributed by atoms with Crippen molar-refractivity contribution < 1.29 is 36.9 Å². The molecule has 0 aromatic carbocycles. The maximum absolute atomic E-state index is 14.1. The predicted molar refractivity (Wildman–Crippen MR) is 69.4 cm³/mol. The van der Waals surface area contributed by atoms with E-state index in [0.29, 0.717) is 18.3 Å². The first-order valence-corrected chi connectivity index (χ1v) is 7.90. The minimum Gasteiger partial charge on any atom is -0.386 e. The quantitative estimate of drug-likeness (QED) is 0.719. The van der Waals surface area contributed by atoms with Gasteiger partial charge in [0.2, 0.25) is 0 Å². The number of alkyl halides is 5. The van der Waals surface area contributed by atoms with Gasteiger partial charge >= 0.3 is 17.9 Å². The molecule has 2 saturated carbocycles. The highest BCUT2D eigenvalue weighted by Gasteiger charge is 2.77. The van der Waals surface area contributed by atoms with E-state index in [1.807, 2.05) is 6.92 Å². The lowest BCUT2D eigenvalue weighted by atomic mass is 9.68. The van der Waals surface area contributed by atoms with Crippen molar-refractivity contribution in [2.24, 2.45) is 35.5 Å². The fourth-order valence-electron chi connectivity index (χ4n) is 4.99. The SMILES string of the molecule is CC1C2CC(C1C)C(C1COC(O)(C(F)(F)F)C(F)(F)C1O)C2. The zero-order valence-electron chi connectivity index (χ0n) is 12.9. The maximum atomic E-state index is 14.1. The molecular weight excluding hydrogens is 323 g/mol. The summed E-state index contributed by atoms with van der Waals surface area (Å²) in [7, 11) is 0. The molecule has 0 amide bonds. The molecule has 3 fully saturated rings. The van der Waals surface area contributed by atoms with Gasteiger partial charge < -0.3 is 14.9 Å². The molecule has 3 rings (SSSR count). The molecule has 1 aliphatic heterocycles. The van der Waals surface area contributed by atoms with Crippen molar-refractivity contribution in [3.05, 3.63) is 0 Å². The third kappa shape index (κ3) is 2.17. The van der Waals surface area contributed by atoms with Crippen LogP contribution < -0.4 is 0 Å². The largest absolute Gasteiger partial charge is 0.449 e. The van der Waals surface area contributed by atoms with E-state index in [1.54, 1.807) is 0 Å². The molecule has 0 aromatic heterocycles. The minimum atomic E-state index is -5.68. The summed E-state index contributed by atoms with van der Waals surface area (Å²) in [5.74, 6) is -9.65. The average molecular weight is 344 g/mol. The van der Waals surface area contributed by atoms with Crippen LogP contribution in [0, 0.1) is 35.5 Å². The molecule has 3 nitrogen and oxygen atoms in total. The van der Waals surface area contributed by atoms with Gasteiger partial charge in [0.1, 0.15) is 6.10 Å². The van der Waals surface area contributed by atoms with Gasteiger partial charge in [-0.3, -0.25) is 0 Å². The van der Waals surface area contributed by atoms with E-state index >= 15 is 0 Å². The summed E-state index contributed by atoms with van der Waals surface area (Å²) >= 11 is 0. The van der Waals surface area contributed by atoms with E-state index in [4.69, 9.17) is 0 Å². The summed E-state index contributed by atoms with van der Waals surface area (Å²) in [4.78, 5) is 0. The Kier molecular flexibility index (Phi) is 3.79. The highest BCUT2D eigenvalue weighted by atomic mass is 19.4. The third-order valence-electron chi connectivity index (χ3n) is 6.60. The molecule has 134 valence electrons. The number of hydrogen-bond donors (Lipinski definition) is 2. The average Bonchev–Trinajstić information content (AvgIpc) is 2.97. The highest BCUT2D eigenvalue weighted by molar-refractivity contribution is 5.07. The Balaban J connectivity index is 1.84. The summed E-state index contributed by atoms with van der Waals surface area (Å²) in [6, 6.07) is 0. The van der Waals surface area contributed by atoms with E-state index in [0.717, 1.165) is 6.42 Å². The van der Waals surface area contributed by atoms with Crippen LogP contribution in [0.1, 0.15) is 26.7 Å². The standard InChI is InChI=1S/C15H21F5O3/c1-6-7(2)9-3-8(6)4-10(9)11-5-23-14(22,15(18,19)20)13(16,17)12(11)21/h6-12,21-22H,3-5H2,1-2H3. The van der Waals surface area contributed by atoms with Crippen LogP contribution >= 0.6 is 0 Å². The molecule has 0 radical (unpaired) electrons. The molecule has 8 atom stereocenters. The summed E-state index contributed by atoms with van der Waals surface area (Å²) < 4.78 is 70.9. The molecule has 8 unspecified atom stereocenters. The highest BCUT2D eigenvalue weighted by Crippen LogP contribution is 2.60. The van der Waals surface area contributed by atoms with Gasteiger partial charge in [0.05, 0.1) is 6.61 Å². The minimum absolute atomic E-state index is 0.103. The molecule has 0 spiro atoms. The molecule has 2 aliphatic carbocycles. The van der Waals surface area contributed by atoms with E-state index in [-0.39, 0.29) is 17.8 Å². The van der Waals surface area contributed by atoms with Crippen LogP contribution in [0.15, 0.2) is 0 Å². The molecule has 3 aliphatic rings. The molecular formula is C15H21F5O3. The fourth-order valence-corrected chi connectivity index (χ4v) is 4.99. The van der Waals surface area contributed by atoms with E-state index < -0.39 is 36.5 Å². The number of hydrogen-bond acceptors (Lipinski definition) is 3. The molecule has 23 heavy (non-hydrogen) atoms. The van der Waals surface area contributed by atoms with Crippen LogP contribution in [-0.4, -0.2) is 40.8 Å². The smallest absolute Gasteiger partial charge is 0.386 e. The predicted octanol–water partition coefficient (Wildman–Crippen LogP) is 2.81. The van der Waals surface area contributed by atoms with Crippen molar-refractivity contribution in [2.45, 2.75) is 50.7 Å². The van der Waals surface area contributed by atoms with Crippen molar-refractivity contribution >= 4 is 0 Å². The molecule has 8 heteroatoms. The Morgan fingerprint density at radius 3 is 2.04 bits per heavy atom. The van der Waals surface area contributed by atoms with Gasteiger partial charge in [-0.05, 0) is 42.4 Å². The van der Waals surface area contributed by atoms with Crippen LogP contribution in [0.5, 0.6) is 0 Å². The second-order valence-corrected chi connectivity index (χ2v) is 7.46. The lowest BCUT2D eigenvalue weighted by molar-refractivity contribution is -0.465. The lowest BCUT2D eigenvalue weighted by Crippen LogP contribution is -2.70. The molecule has 2 bridgehead atoms. The zero-order chi connectivity index (χ0) is 17.4. The van der Waals surface area contributed by atoms with Crippen molar-refractivity contribution in [3.8, 4) is 0 Å². The zero-order valence-corrected chi connectivity index (χ0v) is 12.9. The first kappa shape index (κ1) is 17.4. The van der Waals surface area contributed by atoms with Crippen LogP contribution in [0.4, 0.5) is 22.0 Å². The molecule has 1 heterocycles. The van der Waals surface area contributed by atoms with Crippen LogP contribution in [-0.2, 0) is 4.74 Å². The van der Waals surface area contributed by atoms with Crippen molar-refractivity contribution in [3.63, 3.8) is 0 Å². The summed E-state index contributed by atoms with van der Waals surface area (Å²) in [5.41, 5.74) is 0. The summed E-state index contributed by atoms with van der Waals surface area (Å²) in [5, 5.41) is 19.3. The first-order valence-electron chi connectivity index (χ1n) is 7.90. The Morgan fingerprint density at radius 2 is 1.57 bits per heavy atom. The van der Waals surface area contributed by atoms with Gasteiger partial charge in [0.25, 0.3) is 0 Å². The Bertz CT molecular complexity index is 480. The van der Waals surface area contributed by atoms with Crippen molar-refractivity contribution in [1.82, 2.24) is 0 Å². The Morgan fingerprint density at radius 1 is 1.00 bits per heavy atom. The number of rotatable bonds is 1. The number of halogens is 5. The van der Waals surface area contributed by atoms with Gasteiger partial charge in [-0.1, -0.05) is 13.8 Å². The molecule has 2 N–H and O–H groups in total. The van der Waals surface area contributed by atoms with Gasteiger partial charge in [0.15, 0.2) is 0 Å². The van der Waals surface area contributed by atoms with Crippen molar-refractivity contribution in [1.29, 1.82) is 0 Å². The number of aliphatic hydroxyl groups excluding tert-OH is 1. The Hall–Kier alpha value is -0.470. The van der Waals surface area contributed by atoms with Crippen molar-refractivity contribution in [2.75, 3.05) is 6.61 Å². The van der Waals surface area contributed by atoms with E-state index in [9.17, 15) is 32.2 Å². The molecule has 1 saturated heterocycles. The Labute approximate surface area is 130 Å². The number of aliphatic hydroxyl groups is 2. The maximum Gasteiger partial charge on any atom is 0.449 e. The van der Waals surface area contributed by atoms with Gasteiger partial charge in [-0.2, -0.15) is 22.0 Å². The van der Waals surface area contributed by atoms with Gasteiger partial charge in [-0.15, -0.1) is 0 Å². The lowest BCUT2D eigenvalue weighted by Gasteiger charge is -2.49. The molecule has 0 aromatic rings. The second-order valence-electron chi connectivity index (χ2n) is 7.46. The summed E-state index contributed by atoms with van der Waals surface area (Å²) in [6.07, 6.45) is -6.79. The fraction of sp³-hybridized carbons (Fsp3) is 1.00. The normalized spacial score (nSPS) is 52.8. The van der Waals surface area contributed by atoms with E-state index in [2.05, 4.69) is 11.7 Å².